The molecule has 380 valence electrons. The number of nitrogens with zero attached hydrogens (tertiary/aromatic N) is 2. The molecule has 2 aromatic heterocycles. The fraction of sp³-hybridized carbons (Fsp3) is 0.342. The highest BCUT2D eigenvalue weighted by atomic mass is 15.1. The molecule has 0 radical (unpaired) electrons. The van der Waals surface area contributed by atoms with E-state index in [-0.39, 0.29) is 33.8 Å². The molecule has 0 amide bonds. The minimum atomic E-state index is -0.602. The molecule has 0 bridgehead atoms. The lowest BCUT2D eigenvalue weighted by Crippen LogP contribution is -2.61. The van der Waals surface area contributed by atoms with Crippen LogP contribution in [0.3, 0.4) is 0 Å². The number of fused-ring (bicyclic) bond motifs is 14. The van der Waals surface area contributed by atoms with E-state index >= 15 is 0 Å². The molecule has 8 aromatic carbocycles. The number of benzene rings is 8. The lowest BCUT2D eigenvalue weighted by atomic mass is 9.33. The summed E-state index contributed by atoms with van der Waals surface area (Å²) >= 11 is 0. The van der Waals surface area contributed by atoms with Crippen LogP contribution in [0.25, 0.3) is 77.2 Å². The van der Waals surface area contributed by atoms with Gasteiger partial charge in [0.1, 0.15) is 0 Å². The normalized spacial score (nSPS) is 15.1. The number of hydrogen-bond donors (Lipinski definition) is 0. The van der Waals surface area contributed by atoms with Gasteiger partial charge in [-0.25, -0.2) is 0 Å². The van der Waals surface area contributed by atoms with Crippen LogP contribution in [0.1, 0.15) is 180 Å². The average Bonchev–Trinajstić information content (AvgIpc) is 2.80. The molecule has 0 N–H and O–H groups in total. The quantitative estimate of drug-likeness (QED) is 0.128. The van der Waals surface area contributed by atoms with Gasteiger partial charge in [0, 0.05) is 43.8 Å². The summed E-state index contributed by atoms with van der Waals surface area (Å²) in [5.41, 5.74) is 29.7. The molecule has 3 aliphatic heterocycles. The second-order valence-electron chi connectivity index (χ2n) is 27.4. The van der Waals surface area contributed by atoms with Crippen molar-refractivity contribution < 1.29 is 0 Å². The second kappa shape index (κ2) is 15.3. The second-order valence-corrected chi connectivity index (χ2v) is 27.4. The maximum Gasteiger partial charge on any atom is 0.252 e. The van der Waals surface area contributed by atoms with E-state index in [2.05, 4.69) is 246 Å². The summed E-state index contributed by atoms with van der Waals surface area (Å²) in [6, 6.07) is 54.9. The van der Waals surface area contributed by atoms with Crippen molar-refractivity contribution >= 4 is 66.7 Å². The molecular formula is C73H75BN2. The maximum absolute atomic E-state index is 2.84. The fourth-order valence-electron chi connectivity index (χ4n) is 14.6. The third kappa shape index (κ3) is 5.91. The van der Waals surface area contributed by atoms with Gasteiger partial charge < -0.3 is 9.13 Å². The van der Waals surface area contributed by atoms with Crippen molar-refractivity contribution in [3.05, 3.63) is 184 Å². The van der Waals surface area contributed by atoms with Crippen molar-refractivity contribution in [3.8, 4) is 33.6 Å². The van der Waals surface area contributed by atoms with Gasteiger partial charge >= 0.3 is 0 Å². The van der Waals surface area contributed by atoms with E-state index in [0.717, 1.165) is 25.7 Å². The monoisotopic (exact) mass is 991 g/mol. The van der Waals surface area contributed by atoms with Crippen molar-refractivity contribution in [2.24, 2.45) is 0 Å². The van der Waals surface area contributed by atoms with Gasteiger partial charge in [-0.3, -0.25) is 0 Å². The van der Waals surface area contributed by atoms with E-state index in [0.29, 0.717) is 0 Å². The summed E-state index contributed by atoms with van der Waals surface area (Å²) in [4.78, 5) is 0. The Morgan fingerprint density at radius 3 is 1.38 bits per heavy atom. The van der Waals surface area contributed by atoms with Gasteiger partial charge in [0.05, 0.1) is 22.1 Å². The van der Waals surface area contributed by atoms with E-state index in [4.69, 9.17) is 0 Å². The van der Waals surface area contributed by atoms with Crippen molar-refractivity contribution in [2.45, 2.75) is 162 Å². The van der Waals surface area contributed by atoms with Crippen molar-refractivity contribution in [1.29, 1.82) is 0 Å². The Hall–Kier alpha value is -6.58. The Bertz CT molecular complexity index is 4150. The zero-order valence-electron chi connectivity index (χ0n) is 48.0. The molecule has 76 heavy (non-hydrogen) atoms. The van der Waals surface area contributed by atoms with Crippen LogP contribution in [0.2, 0.25) is 0 Å². The molecule has 0 saturated carbocycles. The molecule has 5 heterocycles. The number of hydrogen-bond acceptors (Lipinski definition) is 0. The fourth-order valence-corrected chi connectivity index (χ4v) is 14.6. The molecule has 0 fully saturated rings. The maximum atomic E-state index is 2.84. The molecule has 4 aliphatic rings. The van der Waals surface area contributed by atoms with Crippen LogP contribution in [-0.2, 0) is 32.5 Å². The smallest absolute Gasteiger partial charge is 0.252 e. The molecule has 2 nitrogen and oxygen atoms in total. The zero-order valence-corrected chi connectivity index (χ0v) is 48.0. The van der Waals surface area contributed by atoms with E-state index in [1.807, 2.05) is 0 Å². The van der Waals surface area contributed by atoms with Gasteiger partial charge in [0.25, 0.3) is 6.71 Å². The summed E-state index contributed by atoms with van der Waals surface area (Å²) in [5.74, 6) is 0. The average molecular weight is 991 g/mol. The van der Waals surface area contributed by atoms with Crippen molar-refractivity contribution in [2.75, 3.05) is 0 Å². The first-order valence-electron chi connectivity index (χ1n) is 29.0. The lowest BCUT2D eigenvalue weighted by Gasteiger charge is -2.45. The SMILES string of the molecule is CCC(C)(C)c1ccc2c(c1)c1cc(C(C)(C)CC)cc3c1n2-c1c(-c2ccc(C(C)(C)C)cc2)cc2c4c1B3c1cc(C(C)(C)CC)cc3c5cc(C(C)(C)CC)cc(c5n-4c13)C21c2ccccc2-c2ccccc21. The van der Waals surface area contributed by atoms with Gasteiger partial charge in [0.15, 0.2) is 0 Å². The molecule has 14 rings (SSSR count). The Morgan fingerprint density at radius 1 is 0.382 bits per heavy atom. The third-order valence-corrected chi connectivity index (χ3v) is 21.0. The summed E-state index contributed by atoms with van der Waals surface area (Å²) in [6.07, 6.45) is 4.21. The molecule has 1 spiro atoms. The van der Waals surface area contributed by atoms with Crippen LogP contribution in [0.15, 0.2) is 133 Å². The molecule has 0 unspecified atom stereocenters. The first kappa shape index (κ1) is 47.8. The van der Waals surface area contributed by atoms with Gasteiger partial charge in [-0.15, -0.1) is 0 Å². The topological polar surface area (TPSA) is 9.86 Å². The van der Waals surface area contributed by atoms with Gasteiger partial charge in [-0.2, -0.15) is 0 Å². The van der Waals surface area contributed by atoms with E-state index < -0.39 is 5.41 Å². The first-order chi connectivity index (χ1) is 36.1. The Morgan fingerprint density at radius 2 is 0.842 bits per heavy atom. The van der Waals surface area contributed by atoms with Crippen LogP contribution < -0.4 is 16.4 Å². The van der Waals surface area contributed by atoms with Gasteiger partial charge in [-0.05, 0) is 172 Å². The Kier molecular flexibility index (Phi) is 9.65. The highest BCUT2D eigenvalue weighted by Crippen LogP contribution is 2.63. The number of aromatic nitrogens is 2. The van der Waals surface area contributed by atoms with Crippen molar-refractivity contribution in [1.82, 2.24) is 9.13 Å². The summed E-state index contributed by atoms with van der Waals surface area (Å²) < 4.78 is 5.61. The molecular weight excluding hydrogens is 916 g/mol. The minimum Gasteiger partial charge on any atom is -0.310 e. The van der Waals surface area contributed by atoms with Gasteiger partial charge in [-0.1, -0.05) is 201 Å². The summed E-state index contributed by atoms with van der Waals surface area (Å²) in [6.45, 7) is 36.2. The number of rotatable bonds is 9. The van der Waals surface area contributed by atoms with Crippen LogP contribution in [0, 0.1) is 0 Å². The van der Waals surface area contributed by atoms with Gasteiger partial charge in [0.2, 0.25) is 0 Å². The van der Waals surface area contributed by atoms with Crippen LogP contribution in [0.5, 0.6) is 0 Å². The molecule has 1 aliphatic carbocycles. The largest absolute Gasteiger partial charge is 0.310 e. The Labute approximate surface area is 452 Å². The predicted octanol–water partition coefficient (Wildman–Crippen LogP) is 17.4. The highest BCUT2D eigenvalue weighted by Gasteiger charge is 2.55. The van der Waals surface area contributed by atoms with Crippen LogP contribution in [0.4, 0.5) is 0 Å². The molecule has 3 heteroatoms. The Balaban J connectivity index is 1.29. The van der Waals surface area contributed by atoms with E-state index in [9.17, 15) is 0 Å². The summed E-state index contributed by atoms with van der Waals surface area (Å²) in [7, 11) is 0. The molecule has 0 atom stereocenters. The lowest BCUT2D eigenvalue weighted by molar-refractivity contribution is 0.505. The third-order valence-electron chi connectivity index (χ3n) is 21.0. The van der Waals surface area contributed by atoms with Crippen molar-refractivity contribution in [3.63, 3.8) is 0 Å². The highest BCUT2D eigenvalue weighted by molar-refractivity contribution is 7.00. The van der Waals surface area contributed by atoms with Crippen LogP contribution >= 0.6 is 0 Å². The van der Waals surface area contributed by atoms with E-state index in [1.165, 1.54) is 144 Å². The van der Waals surface area contributed by atoms with Crippen LogP contribution in [-0.4, -0.2) is 15.8 Å². The zero-order chi connectivity index (χ0) is 53.1. The minimum absolute atomic E-state index is 0.0171. The van der Waals surface area contributed by atoms with E-state index in [1.54, 1.807) is 0 Å². The molecule has 10 aromatic rings. The molecule has 0 saturated heterocycles. The predicted molar refractivity (Wildman–Crippen MR) is 328 cm³/mol. The standard InChI is InChI=1S/C73H75BN2/c1-16-69(8,9)44-32-33-61-51(34-44)52-36-46(71(12,13)18-3)39-59-64(52)75(61)66-50(42-28-30-43(31-29-42)68(5,6)7)41-58-67-62(66)74(59)60-40-47(72(14,15)19-4)37-54-53-35-45(70(10,11)17-2)38-57(63(53)76(67)65(54)60)73(58)55-26-22-20-24-48(55)49-25-21-23-27-56(49)73/h20-41H,16-19H2,1-15H3. The summed E-state index contributed by atoms with van der Waals surface area (Å²) in [5, 5.41) is 5.53. The first-order valence-corrected chi connectivity index (χ1v) is 29.0.